The lowest BCUT2D eigenvalue weighted by atomic mass is 9.97. The predicted octanol–water partition coefficient (Wildman–Crippen LogP) is 4.93. The van der Waals surface area contributed by atoms with Crippen molar-refractivity contribution in [1.82, 2.24) is 19.8 Å². The van der Waals surface area contributed by atoms with E-state index in [0.29, 0.717) is 48.3 Å². The highest BCUT2D eigenvalue weighted by Gasteiger charge is 2.27. The summed E-state index contributed by atoms with van der Waals surface area (Å²) in [6.45, 7) is 8.27. The smallest absolute Gasteiger partial charge is 0.256 e. The quantitative estimate of drug-likeness (QED) is 0.150. The molecule has 6 rings (SSSR count). The molecule has 1 unspecified atom stereocenters. The van der Waals surface area contributed by atoms with Gasteiger partial charge in [0.15, 0.2) is 0 Å². The van der Waals surface area contributed by atoms with E-state index in [1.807, 2.05) is 36.1 Å². The summed E-state index contributed by atoms with van der Waals surface area (Å²) in [6.07, 6.45) is 12.9. The van der Waals surface area contributed by atoms with Gasteiger partial charge in [0.1, 0.15) is 23.2 Å². The third-order valence-electron chi connectivity index (χ3n) is 8.63. The summed E-state index contributed by atoms with van der Waals surface area (Å²) in [4.78, 5) is 41.6. The van der Waals surface area contributed by atoms with E-state index in [-0.39, 0.29) is 23.8 Å². The summed E-state index contributed by atoms with van der Waals surface area (Å²) in [6, 6.07) is 13.6. The molecule has 1 saturated heterocycles. The second-order valence-electron chi connectivity index (χ2n) is 13.1. The number of amides is 2. The number of hydrogen-bond donors (Lipinski definition) is 3. The number of nitrogen functional groups attached to an aromatic ring is 1. The minimum absolute atomic E-state index is 0.00824. The van der Waals surface area contributed by atoms with Crippen LogP contribution in [0, 0.1) is 6.92 Å². The van der Waals surface area contributed by atoms with Gasteiger partial charge in [-0.05, 0) is 81.8 Å². The number of benzene rings is 1. The van der Waals surface area contributed by atoms with E-state index in [1.165, 1.54) is 12.8 Å². The number of nitrogens with one attached hydrogen (secondary N) is 1. The molecule has 48 heavy (non-hydrogen) atoms. The predicted molar refractivity (Wildman–Crippen MR) is 190 cm³/mol. The summed E-state index contributed by atoms with van der Waals surface area (Å²) >= 11 is 0. The first-order valence-electron chi connectivity index (χ1n) is 16.8. The highest BCUT2D eigenvalue weighted by Crippen LogP contribution is 2.28. The molecule has 1 atom stereocenters. The summed E-state index contributed by atoms with van der Waals surface area (Å²) in [5.74, 6) is 2.23. The fourth-order valence-corrected chi connectivity index (χ4v) is 5.48. The molecule has 0 radical (unpaired) electrons. The van der Waals surface area contributed by atoms with E-state index < -0.39 is 0 Å². The van der Waals surface area contributed by atoms with Gasteiger partial charge in [0.25, 0.3) is 5.91 Å². The number of nitrogens with two attached hydrogens (primary N) is 2. The van der Waals surface area contributed by atoms with Gasteiger partial charge in [-0.15, -0.1) is 0 Å². The van der Waals surface area contributed by atoms with Crippen molar-refractivity contribution in [3.05, 3.63) is 89.3 Å². The largest absolute Gasteiger partial charge is 0.490 e. The number of carbonyl (C=O) groups is 2. The summed E-state index contributed by atoms with van der Waals surface area (Å²) in [5, 5.41) is 2.78. The number of aryl methyl sites for hydroxylation is 1. The molecule has 0 spiro atoms. The molecule has 2 amide bonds. The average molecular weight is 653 g/mol. The van der Waals surface area contributed by atoms with Crippen LogP contribution in [0.5, 0.6) is 5.75 Å². The highest BCUT2D eigenvalue weighted by atomic mass is 16.5. The lowest BCUT2D eigenvalue weighted by Crippen LogP contribution is -2.29. The van der Waals surface area contributed by atoms with E-state index in [9.17, 15) is 9.59 Å². The first-order valence-corrected chi connectivity index (χ1v) is 16.8. The number of nitrogens with zero attached hydrogens (tertiary/aromatic N) is 5. The van der Waals surface area contributed by atoms with Crippen molar-refractivity contribution >= 4 is 29.3 Å². The van der Waals surface area contributed by atoms with Crippen LogP contribution in [0.3, 0.4) is 0 Å². The maximum atomic E-state index is 12.4. The first kappa shape index (κ1) is 34.6. The Bertz CT molecular complexity index is 1630. The van der Waals surface area contributed by atoms with Crippen molar-refractivity contribution in [3.63, 3.8) is 0 Å². The fraction of sp³-hybridized carbons (Fsp3) is 0.432. The number of hydrogen-bond acceptors (Lipinski definition) is 8. The van der Waals surface area contributed by atoms with Crippen LogP contribution in [-0.2, 0) is 4.79 Å². The molecule has 3 fully saturated rings. The lowest BCUT2D eigenvalue weighted by molar-refractivity contribution is -0.125. The second kappa shape index (κ2) is 15.9. The number of likely N-dealkylation sites (tertiary alicyclic amines) is 1. The molecule has 3 aromatic rings. The van der Waals surface area contributed by atoms with E-state index in [1.54, 1.807) is 42.7 Å². The van der Waals surface area contributed by atoms with Gasteiger partial charge in [-0.25, -0.2) is 9.97 Å². The molecule has 11 nitrogen and oxygen atoms in total. The molecule has 2 aliphatic carbocycles. The van der Waals surface area contributed by atoms with Crippen LogP contribution in [0.1, 0.15) is 78.9 Å². The number of pyridine rings is 2. The van der Waals surface area contributed by atoms with Crippen LogP contribution in [0.2, 0.25) is 0 Å². The Balaban J connectivity index is 0.000000198. The fourth-order valence-electron chi connectivity index (χ4n) is 5.48. The molecule has 2 saturated carbocycles. The minimum atomic E-state index is -0.166. The van der Waals surface area contributed by atoms with Gasteiger partial charge in [0.2, 0.25) is 5.91 Å². The van der Waals surface area contributed by atoms with Crippen LogP contribution in [0.4, 0.5) is 11.6 Å². The summed E-state index contributed by atoms with van der Waals surface area (Å²) in [7, 11) is 2.10. The first-order chi connectivity index (χ1) is 23.1. The van der Waals surface area contributed by atoms with E-state index in [4.69, 9.17) is 16.2 Å². The van der Waals surface area contributed by atoms with Gasteiger partial charge in [-0.3, -0.25) is 19.5 Å². The molecule has 5 N–H and O–H groups in total. The molecule has 0 bridgehead atoms. The van der Waals surface area contributed by atoms with Crippen molar-refractivity contribution in [2.45, 2.75) is 77.0 Å². The third kappa shape index (κ3) is 9.87. The van der Waals surface area contributed by atoms with Gasteiger partial charge >= 0.3 is 0 Å². The van der Waals surface area contributed by atoms with Crippen LogP contribution in [-0.4, -0.2) is 82.3 Å². The van der Waals surface area contributed by atoms with Gasteiger partial charge in [0.05, 0.1) is 17.7 Å². The van der Waals surface area contributed by atoms with Crippen molar-refractivity contribution in [2.75, 3.05) is 37.7 Å². The van der Waals surface area contributed by atoms with E-state index in [0.717, 1.165) is 48.2 Å². The van der Waals surface area contributed by atoms with Gasteiger partial charge in [-0.2, -0.15) is 0 Å². The summed E-state index contributed by atoms with van der Waals surface area (Å²) in [5.41, 5.74) is 15.9. The summed E-state index contributed by atoms with van der Waals surface area (Å²) < 4.78 is 5.68. The van der Waals surface area contributed by atoms with Crippen LogP contribution in [0.15, 0.2) is 72.0 Å². The number of amidine groups is 1. The van der Waals surface area contributed by atoms with Crippen molar-refractivity contribution < 1.29 is 14.3 Å². The minimum Gasteiger partial charge on any atom is -0.490 e. The number of rotatable bonds is 11. The zero-order valence-corrected chi connectivity index (χ0v) is 28.4. The number of anilines is 2. The van der Waals surface area contributed by atoms with Crippen LogP contribution < -0.4 is 21.5 Å². The molecule has 1 aromatic carbocycles. The standard InChI is InChI=1S/C21H32N6O.C16H16N2O2/c1-14(2)17-8-10-24-20(22)19(17)21(23)25-15-9-12-27(13-15)18(28)5-4-11-26(3)16-6-7-16;1-11-2-4-12(5-3-11)16(19)18-15-10-14(8-9-17-15)20-13-6-7-13/h4-5,8,10,14-16H,6-7,9,11-13H2,1-3H3,(H2,22,24)(H2,23,25);2-5,8-10,13H,6-7H2,1H3,(H,17,18,19)/b5-4+;. The molecular weight excluding hydrogens is 604 g/mol. The Hall–Kier alpha value is -4.77. The Morgan fingerprint density at radius 2 is 1.81 bits per heavy atom. The molecule has 2 aromatic heterocycles. The maximum absolute atomic E-state index is 12.4. The lowest BCUT2D eigenvalue weighted by Gasteiger charge is -2.16. The molecule has 1 aliphatic heterocycles. The Morgan fingerprint density at radius 3 is 2.50 bits per heavy atom. The zero-order chi connectivity index (χ0) is 34.2. The van der Waals surface area contributed by atoms with Gasteiger partial charge < -0.3 is 26.4 Å². The monoisotopic (exact) mass is 652 g/mol. The van der Waals surface area contributed by atoms with Crippen molar-refractivity contribution in [2.24, 2.45) is 10.7 Å². The number of aliphatic imine (C=N–C) groups is 1. The maximum Gasteiger partial charge on any atom is 0.256 e. The van der Waals surface area contributed by atoms with Gasteiger partial charge in [-0.1, -0.05) is 37.6 Å². The Labute approximate surface area is 283 Å². The normalized spacial score (nSPS) is 17.8. The number of ether oxygens (including phenoxy) is 1. The topological polar surface area (TPSA) is 152 Å². The molecule has 3 aliphatic rings. The number of carbonyl (C=O) groups excluding carboxylic acids is 2. The molecule has 3 heterocycles. The highest BCUT2D eigenvalue weighted by molar-refractivity contribution is 6.04. The number of aromatic nitrogens is 2. The molecule has 254 valence electrons. The van der Waals surface area contributed by atoms with Crippen molar-refractivity contribution in [3.8, 4) is 5.75 Å². The number of likely N-dealkylation sites (N-methyl/N-ethyl adjacent to an activating group) is 1. The van der Waals surface area contributed by atoms with Gasteiger partial charge in [0, 0.05) is 55.8 Å². The van der Waals surface area contributed by atoms with Crippen molar-refractivity contribution in [1.29, 1.82) is 0 Å². The Morgan fingerprint density at radius 1 is 1.08 bits per heavy atom. The van der Waals surface area contributed by atoms with E-state index in [2.05, 4.69) is 46.1 Å². The Kier molecular flexibility index (Phi) is 11.4. The van der Waals surface area contributed by atoms with Crippen LogP contribution >= 0.6 is 0 Å². The zero-order valence-electron chi connectivity index (χ0n) is 28.4. The SMILES string of the molecule is CC(C)c1ccnc(N)c1C(N)=NC1CCN(C(=O)/C=C/CN(C)C2CC2)C1.Cc1ccc(C(=O)Nc2cc(OC3CC3)ccn2)cc1. The average Bonchev–Trinajstić information content (AvgIpc) is 4.00. The van der Waals surface area contributed by atoms with Crippen LogP contribution in [0.25, 0.3) is 0 Å². The third-order valence-corrected chi connectivity index (χ3v) is 8.63. The second-order valence-corrected chi connectivity index (χ2v) is 13.1. The molecule has 11 heteroatoms. The molecular formula is C37H48N8O3. The van der Waals surface area contributed by atoms with E-state index >= 15 is 0 Å².